The van der Waals surface area contributed by atoms with E-state index in [9.17, 15) is 4.79 Å². The summed E-state index contributed by atoms with van der Waals surface area (Å²) in [4.78, 5) is 20.9. The molecule has 0 saturated heterocycles. The number of halogens is 1. The number of hydrogen-bond donors (Lipinski definition) is 2. The van der Waals surface area contributed by atoms with Crippen molar-refractivity contribution < 1.29 is 4.79 Å². The van der Waals surface area contributed by atoms with Crippen LogP contribution in [0.3, 0.4) is 0 Å². The van der Waals surface area contributed by atoms with Gasteiger partial charge in [0.25, 0.3) is 0 Å². The van der Waals surface area contributed by atoms with E-state index in [0.29, 0.717) is 16.0 Å². The van der Waals surface area contributed by atoms with Crippen LogP contribution < -0.4 is 10.6 Å². The van der Waals surface area contributed by atoms with Crippen LogP contribution in [0.5, 0.6) is 0 Å². The highest BCUT2D eigenvalue weighted by atomic mass is 35.5. The fourth-order valence-corrected chi connectivity index (χ4v) is 3.33. The van der Waals surface area contributed by atoms with Gasteiger partial charge in [-0.15, -0.1) is 0 Å². The average Bonchev–Trinajstić information content (AvgIpc) is 2.63. The van der Waals surface area contributed by atoms with Gasteiger partial charge < -0.3 is 10.6 Å². The standard InChI is InChI=1S/C18H17ClN4OS/c1-11(17(24)20-2)25-18-22-14-9-5-3-7-12(14)16(23-18)21-15-10-6-4-8-13(15)19/h3-11H,1-2H3,(H,20,24)(H,21,22,23)/t11-/m1/s1. The Balaban J connectivity index is 2.01. The number of fused-ring (bicyclic) bond motifs is 1. The zero-order valence-corrected chi connectivity index (χ0v) is 15.4. The third kappa shape index (κ3) is 4.03. The van der Waals surface area contributed by atoms with Gasteiger partial charge in [0.15, 0.2) is 5.16 Å². The SMILES string of the molecule is CNC(=O)[C@@H](C)Sc1nc(Nc2ccccc2Cl)c2ccccc2n1. The number of hydrogen-bond acceptors (Lipinski definition) is 5. The molecule has 0 aliphatic heterocycles. The second-order valence-corrected chi connectivity index (χ2v) is 7.07. The number of nitrogens with one attached hydrogen (secondary N) is 2. The smallest absolute Gasteiger partial charge is 0.233 e. The molecule has 0 aliphatic carbocycles. The van der Waals surface area contributed by atoms with E-state index in [1.165, 1.54) is 11.8 Å². The molecule has 5 nitrogen and oxygen atoms in total. The minimum absolute atomic E-state index is 0.0672. The van der Waals surface area contributed by atoms with Crippen LogP contribution in [0, 0.1) is 0 Å². The Kier molecular flexibility index (Phi) is 5.40. The normalized spacial score (nSPS) is 12.0. The van der Waals surface area contributed by atoms with Gasteiger partial charge >= 0.3 is 0 Å². The van der Waals surface area contributed by atoms with Crippen LogP contribution >= 0.6 is 23.4 Å². The fraction of sp³-hybridized carbons (Fsp3) is 0.167. The van der Waals surface area contributed by atoms with E-state index in [-0.39, 0.29) is 11.2 Å². The first-order valence-electron chi connectivity index (χ1n) is 7.75. The molecule has 1 atom stereocenters. The molecule has 7 heteroatoms. The van der Waals surface area contributed by atoms with E-state index in [4.69, 9.17) is 11.6 Å². The van der Waals surface area contributed by atoms with Crippen molar-refractivity contribution in [1.82, 2.24) is 15.3 Å². The first-order chi connectivity index (χ1) is 12.1. The molecule has 0 spiro atoms. The van der Waals surface area contributed by atoms with E-state index in [1.807, 2.05) is 55.5 Å². The third-order valence-electron chi connectivity index (χ3n) is 3.61. The summed E-state index contributed by atoms with van der Waals surface area (Å²) in [6.45, 7) is 1.82. The monoisotopic (exact) mass is 372 g/mol. The number of rotatable bonds is 5. The van der Waals surface area contributed by atoms with Crippen LogP contribution in [0.15, 0.2) is 53.7 Å². The number of thioether (sulfide) groups is 1. The van der Waals surface area contributed by atoms with Gasteiger partial charge in [-0.2, -0.15) is 0 Å². The highest BCUT2D eigenvalue weighted by Gasteiger charge is 2.16. The van der Waals surface area contributed by atoms with Crippen LogP contribution in [-0.2, 0) is 4.79 Å². The van der Waals surface area contributed by atoms with Gasteiger partial charge in [0, 0.05) is 12.4 Å². The van der Waals surface area contributed by atoms with E-state index in [2.05, 4.69) is 20.6 Å². The Labute approximate surface area is 155 Å². The maximum absolute atomic E-state index is 11.8. The molecule has 0 unspecified atom stereocenters. The number of nitrogens with zero attached hydrogens (tertiary/aromatic N) is 2. The van der Waals surface area contributed by atoms with Crippen LogP contribution in [0.25, 0.3) is 10.9 Å². The molecule has 0 radical (unpaired) electrons. The lowest BCUT2D eigenvalue weighted by molar-refractivity contribution is -0.119. The lowest BCUT2D eigenvalue weighted by Crippen LogP contribution is -2.27. The van der Waals surface area contributed by atoms with Crippen molar-refractivity contribution in [2.45, 2.75) is 17.3 Å². The number of aromatic nitrogens is 2. The molecule has 0 saturated carbocycles. The quantitative estimate of drug-likeness (QED) is 0.517. The highest BCUT2D eigenvalue weighted by molar-refractivity contribution is 8.00. The minimum atomic E-state index is -0.292. The number of benzene rings is 2. The van der Waals surface area contributed by atoms with Crippen molar-refractivity contribution in [3.63, 3.8) is 0 Å². The molecule has 3 rings (SSSR count). The summed E-state index contributed by atoms with van der Waals surface area (Å²) in [7, 11) is 1.62. The maximum atomic E-state index is 11.8. The van der Waals surface area contributed by atoms with Crippen molar-refractivity contribution in [3.8, 4) is 0 Å². The summed E-state index contributed by atoms with van der Waals surface area (Å²) in [5.41, 5.74) is 1.57. The summed E-state index contributed by atoms with van der Waals surface area (Å²) in [5.74, 6) is 0.590. The van der Waals surface area contributed by atoms with Crippen molar-refractivity contribution >= 4 is 51.7 Å². The van der Waals surface area contributed by atoms with Gasteiger partial charge in [0.05, 0.1) is 21.5 Å². The first kappa shape index (κ1) is 17.5. The van der Waals surface area contributed by atoms with E-state index in [0.717, 1.165) is 16.6 Å². The third-order valence-corrected chi connectivity index (χ3v) is 4.90. The van der Waals surface area contributed by atoms with Crippen molar-refractivity contribution in [1.29, 1.82) is 0 Å². The topological polar surface area (TPSA) is 66.9 Å². The molecule has 0 bridgehead atoms. The second kappa shape index (κ2) is 7.72. The summed E-state index contributed by atoms with van der Waals surface area (Å²) < 4.78 is 0. The van der Waals surface area contributed by atoms with Gasteiger partial charge in [0.2, 0.25) is 5.91 Å². The zero-order valence-electron chi connectivity index (χ0n) is 13.8. The summed E-state index contributed by atoms with van der Waals surface area (Å²) >= 11 is 7.56. The van der Waals surface area contributed by atoms with Crippen LogP contribution in [0.2, 0.25) is 5.02 Å². The van der Waals surface area contributed by atoms with Crippen molar-refractivity contribution in [2.24, 2.45) is 0 Å². The van der Waals surface area contributed by atoms with E-state index < -0.39 is 0 Å². The van der Waals surface area contributed by atoms with Gasteiger partial charge in [-0.1, -0.05) is 47.6 Å². The Morgan fingerprint density at radius 2 is 1.84 bits per heavy atom. The molecule has 1 aromatic heterocycles. The van der Waals surface area contributed by atoms with Gasteiger partial charge in [0.1, 0.15) is 5.82 Å². The number of para-hydroxylation sites is 2. The summed E-state index contributed by atoms with van der Waals surface area (Å²) in [6, 6.07) is 15.2. The predicted octanol–water partition coefficient (Wildman–Crippen LogP) is 4.25. The van der Waals surface area contributed by atoms with Crippen molar-refractivity contribution in [3.05, 3.63) is 53.6 Å². The Hall–Kier alpha value is -2.31. The summed E-state index contributed by atoms with van der Waals surface area (Å²) in [6.07, 6.45) is 0. The molecule has 2 N–H and O–H groups in total. The Morgan fingerprint density at radius 1 is 1.12 bits per heavy atom. The number of amides is 1. The molecular formula is C18H17ClN4OS. The van der Waals surface area contributed by atoms with Crippen LogP contribution in [0.4, 0.5) is 11.5 Å². The lowest BCUT2D eigenvalue weighted by atomic mass is 10.2. The van der Waals surface area contributed by atoms with Gasteiger partial charge in [-0.25, -0.2) is 9.97 Å². The molecule has 0 fully saturated rings. The molecular weight excluding hydrogens is 356 g/mol. The predicted molar refractivity (Wildman–Crippen MR) is 104 cm³/mol. The molecule has 0 aliphatic rings. The minimum Gasteiger partial charge on any atom is -0.358 e. The zero-order chi connectivity index (χ0) is 17.8. The Morgan fingerprint density at radius 3 is 2.60 bits per heavy atom. The number of carbonyl (C=O) groups excluding carboxylic acids is 1. The second-order valence-electron chi connectivity index (χ2n) is 5.35. The highest BCUT2D eigenvalue weighted by Crippen LogP contribution is 2.30. The number of anilines is 2. The summed E-state index contributed by atoms with van der Waals surface area (Å²) in [5, 5.41) is 7.65. The van der Waals surface area contributed by atoms with Crippen molar-refractivity contribution in [2.75, 3.05) is 12.4 Å². The first-order valence-corrected chi connectivity index (χ1v) is 9.01. The van der Waals surface area contributed by atoms with Crippen LogP contribution in [0.1, 0.15) is 6.92 Å². The molecule has 3 aromatic rings. The molecule has 1 amide bonds. The molecule has 2 aromatic carbocycles. The molecule has 25 heavy (non-hydrogen) atoms. The molecule has 128 valence electrons. The largest absolute Gasteiger partial charge is 0.358 e. The van der Waals surface area contributed by atoms with E-state index >= 15 is 0 Å². The average molecular weight is 373 g/mol. The Bertz CT molecular complexity index is 918. The van der Waals surface area contributed by atoms with Gasteiger partial charge in [-0.05, 0) is 31.2 Å². The van der Waals surface area contributed by atoms with Crippen LogP contribution in [-0.4, -0.2) is 28.2 Å². The van der Waals surface area contributed by atoms with E-state index in [1.54, 1.807) is 7.05 Å². The molecule has 1 heterocycles. The maximum Gasteiger partial charge on any atom is 0.233 e. The van der Waals surface area contributed by atoms with Gasteiger partial charge in [-0.3, -0.25) is 4.79 Å². The number of carbonyl (C=O) groups is 1. The fourth-order valence-electron chi connectivity index (χ4n) is 2.31. The lowest BCUT2D eigenvalue weighted by Gasteiger charge is -2.13.